The maximum absolute atomic E-state index is 13.1. The third kappa shape index (κ3) is 4.57. The molecule has 2 fully saturated rings. The van der Waals surface area contributed by atoms with Crippen LogP contribution in [0.4, 0.5) is 0 Å². The van der Waals surface area contributed by atoms with Crippen molar-refractivity contribution in [3.63, 3.8) is 0 Å². The summed E-state index contributed by atoms with van der Waals surface area (Å²) in [7, 11) is 1.56. The van der Waals surface area contributed by atoms with Gasteiger partial charge in [0.15, 0.2) is 0 Å². The van der Waals surface area contributed by atoms with Crippen LogP contribution in [0, 0.1) is 0 Å². The number of carbonyl (C=O) groups excluding carboxylic acids is 2. The molecule has 32 heavy (non-hydrogen) atoms. The van der Waals surface area contributed by atoms with Crippen molar-refractivity contribution in [3.8, 4) is 5.75 Å². The molecule has 1 unspecified atom stereocenters. The molecule has 2 aliphatic rings. The van der Waals surface area contributed by atoms with Crippen LogP contribution in [0.3, 0.4) is 0 Å². The Hall–Kier alpha value is -2.68. The summed E-state index contributed by atoms with van der Waals surface area (Å²) >= 11 is 3.44. The monoisotopic (exact) mass is 499 g/mol. The number of hydrogen-bond donors (Lipinski definition) is 2. The number of nitrogens with zero attached hydrogens (tertiary/aromatic N) is 2. The maximum Gasteiger partial charge on any atom is 0.295 e. The number of ether oxygens (including phenoxy) is 1. The first-order valence-electron chi connectivity index (χ1n) is 10.6. The van der Waals surface area contributed by atoms with Crippen molar-refractivity contribution in [2.24, 2.45) is 0 Å². The number of methoxy groups -OCH3 is 1. The first-order chi connectivity index (χ1) is 15.5. The second kappa shape index (κ2) is 9.85. The van der Waals surface area contributed by atoms with Gasteiger partial charge in [0.25, 0.3) is 11.7 Å². The Morgan fingerprint density at radius 1 is 1.06 bits per heavy atom. The number of rotatable bonds is 6. The summed E-state index contributed by atoms with van der Waals surface area (Å²) in [4.78, 5) is 30.0. The summed E-state index contributed by atoms with van der Waals surface area (Å²) in [6, 6.07) is 13.6. The van der Waals surface area contributed by atoms with Crippen molar-refractivity contribution in [2.75, 3.05) is 46.4 Å². The summed E-state index contributed by atoms with van der Waals surface area (Å²) < 4.78 is 6.08. The van der Waals surface area contributed by atoms with Crippen LogP contribution in [0.15, 0.2) is 58.6 Å². The Balaban J connectivity index is 1.71. The van der Waals surface area contributed by atoms with Crippen LogP contribution in [-0.2, 0) is 9.59 Å². The summed E-state index contributed by atoms with van der Waals surface area (Å²) in [6.45, 7) is 4.70. The quantitative estimate of drug-likeness (QED) is 0.361. The molecule has 0 bridgehead atoms. The number of benzene rings is 2. The number of carbonyl (C=O) groups is 2. The number of ketones is 1. The van der Waals surface area contributed by atoms with Crippen LogP contribution in [0.5, 0.6) is 5.75 Å². The van der Waals surface area contributed by atoms with E-state index in [-0.39, 0.29) is 11.3 Å². The molecule has 1 atom stereocenters. The van der Waals surface area contributed by atoms with E-state index < -0.39 is 17.7 Å². The van der Waals surface area contributed by atoms with E-state index in [1.165, 1.54) is 0 Å². The first-order valence-corrected chi connectivity index (χ1v) is 11.4. The highest BCUT2D eigenvalue weighted by Gasteiger charge is 2.46. The Morgan fingerprint density at radius 3 is 2.34 bits per heavy atom. The highest BCUT2D eigenvalue weighted by atomic mass is 79.9. The lowest BCUT2D eigenvalue weighted by atomic mass is 9.95. The van der Waals surface area contributed by atoms with Crippen molar-refractivity contribution in [1.29, 1.82) is 0 Å². The lowest BCUT2D eigenvalue weighted by Crippen LogP contribution is -2.46. The van der Waals surface area contributed by atoms with Gasteiger partial charge in [-0.1, -0.05) is 28.1 Å². The summed E-state index contributed by atoms with van der Waals surface area (Å²) in [5, 5.41) is 14.4. The molecule has 0 radical (unpaired) electrons. The van der Waals surface area contributed by atoms with Crippen LogP contribution in [0.2, 0.25) is 0 Å². The molecule has 1 amide bonds. The average Bonchev–Trinajstić information content (AvgIpc) is 3.08. The average molecular weight is 500 g/mol. The Kier molecular flexibility index (Phi) is 6.93. The molecule has 0 aromatic heterocycles. The van der Waals surface area contributed by atoms with E-state index in [1.54, 1.807) is 36.3 Å². The van der Waals surface area contributed by atoms with Crippen molar-refractivity contribution >= 4 is 33.4 Å². The summed E-state index contributed by atoms with van der Waals surface area (Å²) in [5.74, 6) is -0.777. The predicted octanol–water partition coefficient (Wildman–Crippen LogP) is 2.78. The minimum absolute atomic E-state index is 0.114. The molecule has 2 aliphatic heterocycles. The zero-order valence-electron chi connectivity index (χ0n) is 17.9. The van der Waals surface area contributed by atoms with Crippen molar-refractivity contribution in [3.05, 3.63) is 69.7 Å². The van der Waals surface area contributed by atoms with Gasteiger partial charge in [-0.3, -0.25) is 14.5 Å². The van der Waals surface area contributed by atoms with Crippen molar-refractivity contribution in [2.45, 2.75) is 6.04 Å². The number of Topliss-reactive ketones (excluding diaryl/α,β-unsaturated/α-hetero) is 1. The van der Waals surface area contributed by atoms with E-state index in [0.29, 0.717) is 24.4 Å². The molecular weight excluding hydrogens is 474 g/mol. The van der Waals surface area contributed by atoms with Crippen LogP contribution in [-0.4, -0.2) is 73.0 Å². The molecule has 2 N–H and O–H groups in total. The van der Waals surface area contributed by atoms with E-state index in [4.69, 9.17) is 4.74 Å². The zero-order valence-corrected chi connectivity index (χ0v) is 19.5. The summed E-state index contributed by atoms with van der Waals surface area (Å²) in [5.41, 5.74) is 1.36. The van der Waals surface area contributed by atoms with Crippen LogP contribution < -0.4 is 10.1 Å². The molecule has 0 spiro atoms. The Labute approximate surface area is 195 Å². The molecule has 0 aliphatic carbocycles. The largest absolute Gasteiger partial charge is 0.507 e. The standard InChI is InChI=1S/C24H26BrN3O4/c1-32-19-8-4-17(5-9-19)22(29)20-21(16-2-6-18(25)7-3-16)28(24(31)23(20)30)15-14-27-12-10-26-11-13-27/h2-9,21,26,29H,10-15H2,1H3/b22-20+. The number of piperazine rings is 1. The fourth-order valence-electron chi connectivity index (χ4n) is 4.19. The SMILES string of the molecule is COc1ccc(/C(O)=C2\C(=O)C(=O)N(CCN3CCNCC3)C2c2ccc(Br)cc2)cc1. The normalized spacial score (nSPS) is 21.2. The number of aliphatic hydroxyl groups is 1. The molecule has 2 saturated heterocycles. The minimum atomic E-state index is -0.661. The molecule has 0 saturated carbocycles. The van der Waals surface area contributed by atoms with Gasteiger partial charge in [0.1, 0.15) is 11.5 Å². The number of likely N-dealkylation sites (tertiary alicyclic amines) is 1. The zero-order chi connectivity index (χ0) is 22.7. The van der Waals surface area contributed by atoms with Gasteiger partial charge >= 0.3 is 0 Å². The molecule has 7 nitrogen and oxygen atoms in total. The fourth-order valence-corrected chi connectivity index (χ4v) is 4.45. The third-order valence-electron chi connectivity index (χ3n) is 5.96. The number of nitrogens with one attached hydrogen (secondary N) is 1. The number of aliphatic hydroxyl groups excluding tert-OH is 1. The van der Waals surface area contributed by atoms with Crippen molar-refractivity contribution < 1.29 is 19.4 Å². The fraction of sp³-hybridized carbons (Fsp3) is 0.333. The van der Waals surface area contributed by atoms with E-state index in [9.17, 15) is 14.7 Å². The van der Waals surface area contributed by atoms with Gasteiger partial charge in [0.05, 0.1) is 18.7 Å². The molecule has 168 valence electrons. The van der Waals surface area contributed by atoms with Crippen LogP contribution >= 0.6 is 15.9 Å². The van der Waals surface area contributed by atoms with E-state index in [0.717, 1.165) is 36.2 Å². The Morgan fingerprint density at radius 2 is 1.72 bits per heavy atom. The third-order valence-corrected chi connectivity index (χ3v) is 6.48. The molecule has 2 aromatic rings. The number of halogens is 1. The lowest BCUT2D eigenvalue weighted by Gasteiger charge is -2.31. The van der Waals surface area contributed by atoms with Gasteiger partial charge in [0, 0.05) is 49.3 Å². The molecule has 8 heteroatoms. The van der Waals surface area contributed by atoms with Crippen LogP contribution in [0.1, 0.15) is 17.2 Å². The topological polar surface area (TPSA) is 82.1 Å². The van der Waals surface area contributed by atoms with E-state index in [1.807, 2.05) is 24.3 Å². The van der Waals surface area contributed by atoms with E-state index in [2.05, 4.69) is 26.1 Å². The predicted molar refractivity (Wildman–Crippen MR) is 125 cm³/mol. The van der Waals surface area contributed by atoms with E-state index >= 15 is 0 Å². The molecule has 2 aromatic carbocycles. The van der Waals surface area contributed by atoms with Gasteiger partial charge in [-0.05, 0) is 42.0 Å². The van der Waals surface area contributed by atoms with Gasteiger partial charge in [-0.15, -0.1) is 0 Å². The maximum atomic E-state index is 13.1. The highest BCUT2D eigenvalue weighted by molar-refractivity contribution is 9.10. The smallest absolute Gasteiger partial charge is 0.295 e. The number of amides is 1. The Bertz CT molecular complexity index is 1010. The first kappa shape index (κ1) is 22.5. The number of hydrogen-bond acceptors (Lipinski definition) is 6. The van der Waals surface area contributed by atoms with Gasteiger partial charge < -0.3 is 20.1 Å². The second-order valence-corrected chi connectivity index (χ2v) is 8.78. The lowest BCUT2D eigenvalue weighted by molar-refractivity contribution is -0.140. The van der Waals surface area contributed by atoms with Gasteiger partial charge in [-0.2, -0.15) is 0 Å². The second-order valence-electron chi connectivity index (χ2n) is 7.86. The minimum Gasteiger partial charge on any atom is -0.507 e. The van der Waals surface area contributed by atoms with Crippen LogP contribution in [0.25, 0.3) is 5.76 Å². The van der Waals surface area contributed by atoms with Crippen molar-refractivity contribution in [1.82, 2.24) is 15.1 Å². The van der Waals surface area contributed by atoms with Gasteiger partial charge in [0.2, 0.25) is 0 Å². The summed E-state index contributed by atoms with van der Waals surface area (Å²) in [6.07, 6.45) is 0. The molecule has 2 heterocycles. The molecular formula is C24H26BrN3O4. The molecule has 4 rings (SSSR count). The van der Waals surface area contributed by atoms with Gasteiger partial charge in [-0.25, -0.2) is 0 Å². The highest BCUT2D eigenvalue weighted by Crippen LogP contribution is 2.39.